The summed E-state index contributed by atoms with van der Waals surface area (Å²) in [4.78, 5) is 11.0. The average molecular weight is 218 g/mol. The fourth-order valence-corrected chi connectivity index (χ4v) is 2.04. The van der Waals surface area contributed by atoms with E-state index >= 15 is 0 Å². The van der Waals surface area contributed by atoms with Gasteiger partial charge in [-0.1, -0.05) is 29.8 Å². The second-order valence-electron chi connectivity index (χ2n) is 4.42. The average Bonchev–Trinajstić information content (AvgIpc) is 2.64. The third kappa shape index (κ3) is 3.07. The number of carbonyl (C=O) groups excluding carboxylic acids is 1. The van der Waals surface area contributed by atoms with Gasteiger partial charge in [0.25, 0.3) is 0 Å². The Kier molecular flexibility index (Phi) is 3.57. The van der Waals surface area contributed by atoms with Gasteiger partial charge in [-0.15, -0.1) is 0 Å². The molecule has 0 aliphatic carbocycles. The van der Waals surface area contributed by atoms with E-state index in [2.05, 4.69) is 41.8 Å². The summed E-state index contributed by atoms with van der Waals surface area (Å²) in [7, 11) is 0. The largest absolute Gasteiger partial charge is 0.352 e. The Bertz CT molecular complexity index is 376. The molecule has 86 valence electrons. The zero-order valence-corrected chi connectivity index (χ0v) is 9.62. The number of aryl methyl sites for hydroxylation is 1. The van der Waals surface area contributed by atoms with Crippen LogP contribution in [0.3, 0.4) is 0 Å². The van der Waals surface area contributed by atoms with E-state index in [9.17, 15) is 4.79 Å². The molecule has 1 amide bonds. The third-order valence-corrected chi connectivity index (χ3v) is 2.89. The van der Waals surface area contributed by atoms with Crippen LogP contribution in [0.2, 0.25) is 0 Å². The molecule has 16 heavy (non-hydrogen) atoms. The predicted octanol–water partition coefficient (Wildman–Crippen LogP) is 1.36. The summed E-state index contributed by atoms with van der Waals surface area (Å²) in [5.41, 5.74) is 2.58. The zero-order chi connectivity index (χ0) is 11.4. The normalized spacial score (nSPS) is 19.8. The lowest BCUT2D eigenvalue weighted by Gasteiger charge is -2.11. The summed E-state index contributed by atoms with van der Waals surface area (Å²) in [6, 6.07) is 8.79. The highest BCUT2D eigenvalue weighted by molar-refractivity contribution is 5.78. The topological polar surface area (TPSA) is 41.1 Å². The number of carbonyl (C=O) groups is 1. The second-order valence-corrected chi connectivity index (χ2v) is 4.42. The van der Waals surface area contributed by atoms with Crippen LogP contribution in [0.15, 0.2) is 24.3 Å². The highest BCUT2D eigenvalue weighted by atomic mass is 16.1. The molecule has 0 bridgehead atoms. The Labute approximate surface area is 96.2 Å². The van der Waals surface area contributed by atoms with E-state index < -0.39 is 0 Å². The predicted molar refractivity (Wildman–Crippen MR) is 64.1 cm³/mol. The van der Waals surface area contributed by atoms with Crippen LogP contribution in [0.4, 0.5) is 0 Å². The molecule has 1 aromatic carbocycles. The first-order valence-corrected chi connectivity index (χ1v) is 5.79. The molecule has 1 aliphatic heterocycles. The van der Waals surface area contributed by atoms with Crippen molar-refractivity contribution in [2.45, 2.75) is 32.4 Å². The summed E-state index contributed by atoms with van der Waals surface area (Å²) < 4.78 is 0. The number of hydrogen-bond donors (Lipinski definition) is 2. The minimum atomic E-state index is 0.183. The Balaban J connectivity index is 1.74. The first kappa shape index (κ1) is 11.1. The summed E-state index contributed by atoms with van der Waals surface area (Å²) in [6.45, 7) is 3.83. The summed E-state index contributed by atoms with van der Waals surface area (Å²) in [5, 5.41) is 6.33. The number of rotatable bonds is 4. The van der Waals surface area contributed by atoms with Crippen LogP contribution < -0.4 is 10.6 Å². The Morgan fingerprint density at radius 2 is 2.38 bits per heavy atom. The van der Waals surface area contributed by atoms with Gasteiger partial charge in [-0.3, -0.25) is 4.79 Å². The van der Waals surface area contributed by atoms with E-state index in [1.54, 1.807) is 0 Å². The van der Waals surface area contributed by atoms with Gasteiger partial charge in [-0.25, -0.2) is 0 Å². The summed E-state index contributed by atoms with van der Waals surface area (Å²) in [5.74, 6) is 0.183. The standard InChI is InChI=1S/C13H18N2O/c1-10-3-2-4-11(7-10)8-14-9-12-5-6-13(16)15-12/h2-4,7,12,14H,5-6,8-9H2,1H3,(H,15,16). The molecule has 1 aromatic rings. The molecule has 0 aromatic heterocycles. The van der Waals surface area contributed by atoms with Crippen molar-refractivity contribution in [2.24, 2.45) is 0 Å². The first-order valence-electron chi connectivity index (χ1n) is 5.79. The van der Waals surface area contributed by atoms with Crippen LogP contribution in [0.5, 0.6) is 0 Å². The number of benzene rings is 1. The van der Waals surface area contributed by atoms with Gasteiger partial charge in [-0.2, -0.15) is 0 Å². The lowest BCUT2D eigenvalue weighted by molar-refractivity contribution is -0.119. The van der Waals surface area contributed by atoms with Crippen molar-refractivity contribution in [1.82, 2.24) is 10.6 Å². The molecule has 3 heteroatoms. The maximum Gasteiger partial charge on any atom is 0.220 e. The van der Waals surface area contributed by atoms with Crippen molar-refractivity contribution in [3.05, 3.63) is 35.4 Å². The third-order valence-electron chi connectivity index (χ3n) is 2.89. The SMILES string of the molecule is Cc1cccc(CNCC2CCC(=O)N2)c1. The highest BCUT2D eigenvalue weighted by Crippen LogP contribution is 2.06. The molecule has 1 aliphatic rings. The molecule has 2 N–H and O–H groups in total. The highest BCUT2D eigenvalue weighted by Gasteiger charge is 2.19. The maximum absolute atomic E-state index is 11.0. The molecule has 3 nitrogen and oxygen atoms in total. The molecule has 0 spiro atoms. The van der Waals surface area contributed by atoms with Gasteiger partial charge >= 0.3 is 0 Å². The zero-order valence-electron chi connectivity index (χ0n) is 9.62. The molecular formula is C13H18N2O. The van der Waals surface area contributed by atoms with E-state index in [1.165, 1.54) is 11.1 Å². The molecule has 1 saturated heterocycles. The van der Waals surface area contributed by atoms with Crippen molar-refractivity contribution in [3.63, 3.8) is 0 Å². The van der Waals surface area contributed by atoms with Crippen LogP contribution >= 0.6 is 0 Å². The van der Waals surface area contributed by atoms with Gasteiger partial charge < -0.3 is 10.6 Å². The van der Waals surface area contributed by atoms with E-state index in [0.29, 0.717) is 12.5 Å². The maximum atomic E-state index is 11.0. The first-order chi connectivity index (χ1) is 7.74. The quantitative estimate of drug-likeness (QED) is 0.801. The molecule has 0 saturated carbocycles. The Hall–Kier alpha value is -1.35. The minimum absolute atomic E-state index is 0.183. The monoisotopic (exact) mass is 218 g/mol. The lowest BCUT2D eigenvalue weighted by atomic mass is 10.1. The molecule has 2 rings (SSSR count). The number of hydrogen-bond acceptors (Lipinski definition) is 2. The Morgan fingerprint density at radius 3 is 3.06 bits per heavy atom. The van der Waals surface area contributed by atoms with Crippen LogP contribution in [-0.4, -0.2) is 18.5 Å². The van der Waals surface area contributed by atoms with Crippen LogP contribution in [-0.2, 0) is 11.3 Å². The number of amides is 1. The molecule has 1 fully saturated rings. The smallest absolute Gasteiger partial charge is 0.220 e. The summed E-state index contributed by atoms with van der Waals surface area (Å²) in [6.07, 6.45) is 1.64. The molecule has 1 atom stereocenters. The fraction of sp³-hybridized carbons (Fsp3) is 0.462. The van der Waals surface area contributed by atoms with Crippen molar-refractivity contribution < 1.29 is 4.79 Å². The second kappa shape index (κ2) is 5.12. The van der Waals surface area contributed by atoms with Crippen molar-refractivity contribution in [3.8, 4) is 0 Å². The van der Waals surface area contributed by atoms with E-state index in [0.717, 1.165) is 19.5 Å². The van der Waals surface area contributed by atoms with Gasteiger partial charge in [0.05, 0.1) is 0 Å². The molecule has 1 heterocycles. The fourth-order valence-electron chi connectivity index (χ4n) is 2.04. The van der Waals surface area contributed by atoms with Gasteiger partial charge in [-0.05, 0) is 18.9 Å². The van der Waals surface area contributed by atoms with Crippen LogP contribution in [0, 0.1) is 6.92 Å². The van der Waals surface area contributed by atoms with E-state index in [-0.39, 0.29) is 5.91 Å². The van der Waals surface area contributed by atoms with Gasteiger partial charge in [0.15, 0.2) is 0 Å². The van der Waals surface area contributed by atoms with Gasteiger partial charge in [0.2, 0.25) is 5.91 Å². The molecule has 1 unspecified atom stereocenters. The number of nitrogens with one attached hydrogen (secondary N) is 2. The molecular weight excluding hydrogens is 200 g/mol. The van der Waals surface area contributed by atoms with Crippen molar-refractivity contribution in [2.75, 3.05) is 6.54 Å². The summed E-state index contributed by atoms with van der Waals surface area (Å²) >= 11 is 0. The molecule has 0 radical (unpaired) electrons. The van der Waals surface area contributed by atoms with Crippen LogP contribution in [0.25, 0.3) is 0 Å². The van der Waals surface area contributed by atoms with Gasteiger partial charge in [0, 0.05) is 25.6 Å². The minimum Gasteiger partial charge on any atom is -0.352 e. The van der Waals surface area contributed by atoms with Crippen LogP contribution in [0.1, 0.15) is 24.0 Å². The Morgan fingerprint density at radius 1 is 1.50 bits per heavy atom. The van der Waals surface area contributed by atoms with Crippen molar-refractivity contribution >= 4 is 5.91 Å². The lowest BCUT2D eigenvalue weighted by Crippen LogP contribution is -2.35. The van der Waals surface area contributed by atoms with Crippen molar-refractivity contribution in [1.29, 1.82) is 0 Å². The van der Waals surface area contributed by atoms with E-state index in [1.807, 2.05) is 0 Å². The van der Waals surface area contributed by atoms with Gasteiger partial charge in [0.1, 0.15) is 0 Å². The van der Waals surface area contributed by atoms with E-state index in [4.69, 9.17) is 0 Å².